The minimum atomic E-state index is -0.596. The molecule has 0 aliphatic heterocycles. The Morgan fingerprint density at radius 3 is 2.23 bits per heavy atom. The van der Waals surface area contributed by atoms with Gasteiger partial charge < -0.3 is 20.7 Å². The molecule has 0 saturated heterocycles. The van der Waals surface area contributed by atoms with Crippen LogP contribution < -0.4 is 20.7 Å². The van der Waals surface area contributed by atoms with E-state index in [1.807, 2.05) is 6.07 Å². The fourth-order valence-corrected chi connectivity index (χ4v) is 5.46. The summed E-state index contributed by atoms with van der Waals surface area (Å²) in [6.45, 7) is 1.76. The number of methoxy groups -OCH3 is 1. The van der Waals surface area contributed by atoms with Crippen LogP contribution in [-0.4, -0.2) is 30.1 Å². The Labute approximate surface area is 268 Å². The van der Waals surface area contributed by atoms with Crippen LogP contribution in [0.15, 0.2) is 102 Å². The molecule has 0 aliphatic rings. The summed E-state index contributed by atoms with van der Waals surface area (Å²) in [5.74, 6) is -0.849. The summed E-state index contributed by atoms with van der Waals surface area (Å²) in [6, 6.07) is 25.4. The van der Waals surface area contributed by atoms with E-state index in [1.165, 1.54) is 24.9 Å². The highest BCUT2D eigenvalue weighted by Crippen LogP contribution is 2.31. The van der Waals surface area contributed by atoms with Crippen LogP contribution in [0.2, 0.25) is 15.1 Å². The molecule has 0 aliphatic carbocycles. The fraction of sp³-hybridized carbons (Fsp3) is 0.0938. The van der Waals surface area contributed by atoms with E-state index in [1.54, 1.807) is 91.9 Å². The third-order valence-electron chi connectivity index (χ3n) is 6.01. The van der Waals surface area contributed by atoms with Crippen molar-refractivity contribution in [3.05, 3.63) is 123 Å². The number of nitrogens with one attached hydrogen (secondary N) is 3. The largest absolute Gasteiger partial charge is 0.495 e. The molecule has 3 N–H and O–H groups in total. The first-order chi connectivity index (χ1) is 20.6. The van der Waals surface area contributed by atoms with Gasteiger partial charge in [0.05, 0.1) is 18.0 Å². The molecule has 220 valence electrons. The van der Waals surface area contributed by atoms with Crippen LogP contribution in [0.25, 0.3) is 6.08 Å². The SMILES string of the molecule is COc1ccc(Cl)cc1NC(=O)C(C)Sc1cccc(NC(=O)/C(=C\c2c(Cl)cccc2Cl)NC(=O)c2ccccc2)c1. The minimum absolute atomic E-state index is 0.0647. The van der Waals surface area contributed by atoms with E-state index in [0.717, 1.165) is 4.90 Å². The van der Waals surface area contributed by atoms with E-state index in [9.17, 15) is 14.4 Å². The van der Waals surface area contributed by atoms with Gasteiger partial charge in [-0.1, -0.05) is 65.1 Å². The van der Waals surface area contributed by atoms with Gasteiger partial charge in [-0.25, -0.2) is 0 Å². The number of thioether (sulfide) groups is 1. The minimum Gasteiger partial charge on any atom is -0.495 e. The summed E-state index contributed by atoms with van der Waals surface area (Å²) >= 11 is 20.1. The van der Waals surface area contributed by atoms with Gasteiger partial charge in [0.25, 0.3) is 11.8 Å². The molecule has 0 heterocycles. The third kappa shape index (κ3) is 8.78. The highest BCUT2D eigenvalue weighted by atomic mass is 35.5. The molecule has 7 nitrogen and oxygen atoms in total. The number of carbonyl (C=O) groups excluding carboxylic acids is 3. The van der Waals surface area contributed by atoms with Gasteiger partial charge in [0, 0.05) is 36.8 Å². The van der Waals surface area contributed by atoms with Gasteiger partial charge in [0.1, 0.15) is 11.4 Å². The standard InChI is InChI=1S/C32H26Cl3N3O4S/c1-19(30(39)37-27-16-21(33)14-15-29(27)42-2)43-23-11-6-10-22(17-23)36-32(41)28(18-24-25(34)12-7-13-26(24)35)38-31(40)20-8-4-3-5-9-20/h3-19H,1-2H3,(H,36,41)(H,37,39)(H,38,40)/b28-18+. The molecule has 0 fully saturated rings. The zero-order valence-corrected chi connectivity index (χ0v) is 26.1. The summed E-state index contributed by atoms with van der Waals surface area (Å²) in [7, 11) is 1.51. The van der Waals surface area contributed by atoms with Crippen molar-refractivity contribution in [3.63, 3.8) is 0 Å². The normalized spacial score (nSPS) is 11.8. The number of amides is 3. The number of halogens is 3. The third-order valence-corrected chi connectivity index (χ3v) is 8.00. The van der Waals surface area contributed by atoms with Crippen molar-refractivity contribution in [2.24, 2.45) is 0 Å². The lowest BCUT2D eigenvalue weighted by Crippen LogP contribution is -2.30. The molecule has 43 heavy (non-hydrogen) atoms. The molecule has 4 aromatic carbocycles. The Balaban J connectivity index is 1.51. The Hall–Kier alpha value is -3.95. The lowest BCUT2D eigenvalue weighted by atomic mass is 10.1. The maximum atomic E-state index is 13.5. The molecule has 4 aromatic rings. The second-order valence-corrected chi connectivity index (χ2v) is 11.8. The Kier molecular flexibility index (Phi) is 11.1. The maximum Gasteiger partial charge on any atom is 0.272 e. The Morgan fingerprint density at radius 2 is 1.53 bits per heavy atom. The molecule has 0 radical (unpaired) electrons. The summed E-state index contributed by atoms with van der Waals surface area (Å²) in [5.41, 5.74) is 1.59. The molecule has 0 aromatic heterocycles. The van der Waals surface area contributed by atoms with Crippen molar-refractivity contribution >= 4 is 81.7 Å². The van der Waals surface area contributed by atoms with Crippen LogP contribution in [-0.2, 0) is 9.59 Å². The average molecular weight is 655 g/mol. The average Bonchev–Trinajstić information content (AvgIpc) is 2.99. The van der Waals surface area contributed by atoms with Crippen LogP contribution in [0.3, 0.4) is 0 Å². The second kappa shape index (κ2) is 15.0. The first-order valence-corrected chi connectivity index (χ1v) is 14.9. The van der Waals surface area contributed by atoms with Gasteiger partial charge >= 0.3 is 0 Å². The monoisotopic (exact) mass is 653 g/mol. The van der Waals surface area contributed by atoms with E-state index in [0.29, 0.717) is 43.3 Å². The molecule has 11 heteroatoms. The molecule has 1 unspecified atom stereocenters. The summed E-state index contributed by atoms with van der Waals surface area (Å²) < 4.78 is 5.30. The van der Waals surface area contributed by atoms with E-state index >= 15 is 0 Å². The highest BCUT2D eigenvalue weighted by molar-refractivity contribution is 8.00. The quantitative estimate of drug-likeness (QED) is 0.118. The number of hydrogen-bond acceptors (Lipinski definition) is 5. The molecule has 1 atom stereocenters. The van der Waals surface area contributed by atoms with Crippen molar-refractivity contribution < 1.29 is 19.1 Å². The number of rotatable bonds is 10. The van der Waals surface area contributed by atoms with Gasteiger partial charge in [-0.05, 0) is 73.7 Å². The molecule has 0 spiro atoms. The maximum absolute atomic E-state index is 13.5. The first-order valence-electron chi connectivity index (χ1n) is 12.9. The van der Waals surface area contributed by atoms with E-state index in [-0.39, 0.29) is 11.6 Å². The summed E-state index contributed by atoms with van der Waals surface area (Å²) in [4.78, 5) is 40.1. The molecule has 3 amide bonds. The van der Waals surface area contributed by atoms with Gasteiger partial charge in [0.2, 0.25) is 5.91 Å². The zero-order chi connectivity index (χ0) is 30.9. The Morgan fingerprint density at radius 1 is 0.837 bits per heavy atom. The van der Waals surface area contributed by atoms with E-state index in [2.05, 4.69) is 16.0 Å². The summed E-state index contributed by atoms with van der Waals surface area (Å²) in [5, 5.41) is 8.90. The molecule has 0 saturated carbocycles. The van der Waals surface area contributed by atoms with Crippen LogP contribution in [0.5, 0.6) is 5.75 Å². The number of ether oxygens (including phenoxy) is 1. The molecular weight excluding hydrogens is 629 g/mol. The lowest BCUT2D eigenvalue weighted by Gasteiger charge is -2.15. The number of hydrogen-bond donors (Lipinski definition) is 3. The van der Waals surface area contributed by atoms with Gasteiger partial charge in [-0.3, -0.25) is 14.4 Å². The van der Waals surface area contributed by atoms with Gasteiger partial charge in [-0.15, -0.1) is 11.8 Å². The van der Waals surface area contributed by atoms with Crippen molar-refractivity contribution in [1.82, 2.24) is 5.32 Å². The van der Waals surface area contributed by atoms with E-state index < -0.39 is 17.1 Å². The van der Waals surface area contributed by atoms with Crippen LogP contribution >= 0.6 is 46.6 Å². The molecule has 0 bridgehead atoms. The van der Waals surface area contributed by atoms with Crippen molar-refractivity contribution in [2.45, 2.75) is 17.1 Å². The zero-order valence-electron chi connectivity index (χ0n) is 23.0. The number of carbonyl (C=O) groups is 3. The molecule has 4 rings (SSSR count). The van der Waals surface area contributed by atoms with Crippen LogP contribution in [0, 0.1) is 0 Å². The Bertz CT molecular complexity index is 1660. The number of anilines is 2. The fourth-order valence-electron chi connectivity index (χ4n) is 3.85. The molecular formula is C32H26Cl3N3O4S. The van der Waals surface area contributed by atoms with Crippen LogP contribution in [0.1, 0.15) is 22.8 Å². The lowest BCUT2D eigenvalue weighted by molar-refractivity contribution is -0.115. The predicted octanol–water partition coefficient (Wildman–Crippen LogP) is 8.18. The van der Waals surface area contributed by atoms with Crippen LogP contribution in [0.4, 0.5) is 11.4 Å². The topological polar surface area (TPSA) is 96.5 Å². The summed E-state index contributed by atoms with van der Waals surface area (Å²) in [6.07, 6.45) is 1.43. The van der Waals surface area contributed by atoms with Crippen molar-refractivity contribution in [1.29, 1.82) is 0 Å². The number of benzene rings is 4. The van der Waals surface area contributed by atoms with Crippen molar-refractivity contribution in [3.8, 4) is 5.75 Å². The smallest absolute Gasteiger partial charge is 0.272 e. The highest BCUT2D eigenvalue weighted by Gasteiger charge is 2.19. The van der Waals surface area contributed by atoms with Gasteiger partial charge in [-0.2, -0.15) is 0 Å². The predicted molar refractivity (Wildman–Crippen MR) is 175 cm³/mol. The van der Waals surface area contributed by atoms with Gasteiger partial charge in [0.15, 0.2) is 0 Å². The first kappa shape index (κ1) is 32.0. The second-order valence-electron chi connectivity index (χ2n) is 9.09. The van der Waals surface area contributed by atoms with E-state index in [4.69, 9.17) is 39.5 Å². The van der Waals surface area contributed by atoms with Crippen molar-refractivity contribution in [2.75, 3.05) is 17.7 Å².